The number of carbonyl (C=O) groups excluding carboxylic acids is 2. The molecule has 20 rings (SSSR count). The Morgan fingerprint density at radius 1 is 0.196 bits per heavy atom. The Morgan fingerprint density at radius 3 is 0.413 bits per heavy atom. The van der Waals surface area contributed by atoms with Gasteiger partial charge in [0.2, 0.25) is 0 Å². The fraction of sp³-hybridized carbons (Fsp3) is 0. The van der Waals surface area contributed by atoms with Gasteiger partial charge in [-0.2, -0.15) is 2.74 Å². The van der Waals surface area contributed by atoms with Crippen LogP contribution in [0.15, 0.2) is 572 Å². The minimum Gasteiger partial charge on any atom is -0.545 e. The van der Waals surface area contributed by atoms with Gasteiger partial charge in [-0.3, -0.25) is 13.5 Å². The van der Waals surface area contributed by atoms with E-state index in [-0.39, 0.29) is 48.5 Å². The third-order valence-corrected chi connectivity index (χ3v) is 32.4. The molecule has 0 saturated heterocycles. The molecule has 0 aromatic heterocycles. The number of hydrogen-bond acceptors (Lipinski definition) is 4. The van der Waals surface area contributed by atoms with E-state index in [4.69, 9.17) is 22.4 Å². The molecule has 686 valence electrons. The maximum absolute atomic E-state index is 13.1. The van der Waals surface area contributed by atoms with E-state index in [0.717, 1.165) is 49.2 Å². The first-order valence-corrected chi connectivity index (χ1v) is 51.3. The van der Waals surface area contributed by atoms with Gasteiger partial charge in [0.15, 0.2) is 0 Å². The topological polar surface area (TPSA) is 74.6 Å². The molecule has 0 aliphatic heterocycles. The van der Waals surface area contributed by atoms with Gasteiger partial charge >= 0.3 is 23.6 Å². The molecule has 0 atom stereocenters. The largest absolute Gasteiger partial charge is 2.00 e. The Kier molecular flexibility index (Phi) is 45.5. The van der Waals surface area contributed by atoms with E-state index in [2.05, 4.69) is 533 Å². The fourth-order valence-electron chi connectivity index (χ4n) is 14.5. The first-order valence-electron chi connectivity index (χ1n) is 44.6. The van der Waals surface area contributed by atoms with Crippen LogP contribution in [-0.2, 0) is 46.5 Å². The first-order chi connectivity index (χ1) is 67.7. The van der Waals surface area contributed by atoms with Gasteiger partial charge in [0.1, 0.15) is 11.6 Å². The first kappa shape index (κ1) is 105. The standard InChI is InChI=1S/C24H16BrF.4C18H15P.C12H10BFO2.C12H8Br2.2CHO.Ni.Pd/c25-23-13-9-21(10-14-23)19-5-1-17(2-6-19)18-3-7-20(8-4-18)22-11-15-24(26)16-12-22;4*1-4-10-16(11-5-1)19(17-12-6-2-7-13-17)18-14-8-3-9-15-18;14-12-7-3-10(4-8-12)9-1-5-11(6-2-9)13(15)16;13-11-5-1-9(2-6-11)10-3-7-12(14)8-4-10;2*1-2;;/h1-16H;4*1-15H;1-8,15-16H;1-8H;2*1H;;/q;;;;;;;2*-1;+2;/i;;;;;;;2*1D;;. The van der Waals surface area contributed by atoms with E-state index in [0.29, 0.717) is 5.46 Å². The Labute approximate surface area is 868 Å². The second-order valence-corrected chi connectivity index (χ2v) is 41.7. The van der Waals surface area contributed by atoms with Gasteiger partial charge < -0.3 is 19.6 Å². The summed E-state index contributed by atoms with van der Waals surface area (Å²) in [4.78, 5) is 16.7. The molecule has 16 heteroatoms. The molecule has 0 aliphatic carbocycles. The minimum atomic E-state index is -1.46. The van der Waals surface area contributed by atoms with Crippen LogP contribution in [0.5, 0.6) is 0 Å². The molecular weight excluding hydrogens is 2110 g/mol. The van der Waals surface area contributed by atoms with Gasteiger partial charge in [0.25, 0.3) is 0 Å². The van der Waals surface area contributed by atoms with Crippen molar-refractivity contribution in [1.82, 2.24) is 0 Å². The quantitative estimate of drug-likeness (QED) is 0.0389. The molecule has 0 unspecified atom stereocenters. The summed E-state index contributed by atoms with van der Waals surface area (Å²) in [6.07, 6.45) is 0. The van der Waals surface area contributed by atoms with Crippen LogP contribution in [0.2, 0.25) is 0 Å². The average molecular weight is 2210 g/mol. The van der Waals surface area contributed by atoms with Crippen LogP contribution in [0, 0.1) is 11.6 Å². The predicted octanol–water partition coefficient (Wildman–Crippen LogP) is 26.9. The van der Waals surface area contributed by atoms with Crippen molar-refractivity contribution >= 4 is 169 Å². The van der Waals surface area contributed by atoms with Crippen molar-refractivity contribution in [2.24, 2.45) is 0 Å². The van der Waals surface area contributed by atoms with Crippen LogP contribution in [-0.4, -0.2) is 30.7 Å². The fourth-order valence-corrected chi connectivity index (χ4v) is 24.5. The molecule has 20 aromatic rings. The SMILES string of the molecule is Brc1ccc(-c2ccc(Br)cc2)cc1.Fc1ccc(-c2ccc(-c3ccc(-c4ccc(Br)cc4)cc3)cc2)cc1.OB(O)c1ccc(-c2ccc(F)cc2)cc1.[2H][C-]=O.[2H][C-]=O.[Ni+2].[Pd].c1ccc(P(c2ccccc2)c2ccccc2)cc1.c1ccc(P(c2ccccc2)c2ccccc2)cc1.c1ccc(P(c2ccccc2)c2ccccc2)cc1.c1ccc(P(c2ccccc2)c2ccccc2)cc1. The molecule has 4 nitrogen and oxygen atoms in total. The third kappa shape index (κ3) is 33.6. The maximum Gasteiger partial charge on any atom is 2.00 e. The molecular formula is C122H96BBr3F2NiO4P4Pd. The Hall–Kier alpha value is -12.1. The zero-order chi connectivity index (χ0) is 96.5. The van der Waals surface area contributed by atoms with Gasteiger partial charge in [-0.05, 0) is 217 Å². The van der Waals surface area contributed by atoms with E-state index in [9.17, 15) is 8.78 Å². The normalized spacial score (nSPS) is 10.3. The minimum absolute atomic E-state index is 0. The molecule has 0 heterocycles. The van der Waals surface area contributed by atoms with Crippen LogP contribution in [0.25, 0.3) is 55.6 Å². The second-order valence-electron chi connectivity index (χ2n) is 30.1. The van der Waals surface area contributed by atoms with Gasteiger partial charge in [-0.1, -0.05) is 545 Å². The summed E-state index contributed by atoms with van der Waals surface area (Å²) in [5, 5.41) is 34.6. The Balaban J connectivity index is 0.000000167. The molecule has 0 saturated carbocycles. The zero-order valence-electron chi connectivity index (χ0n) is 76.7. The third-order valence-electron chi connectivity index (χ3n) is 21.0. The van der Waals surface area contributed by atoms with Gasteiger partial charge in [0.05, 0.1) is 0 Å². The van der Waals surface area contributed by atoms with E-state index >= 15 is 0 Å². The van der Waals surface area contributed by atoms with Crippen LogP contribution >= 0.6 is 79.5 Å². The van der Waals surface area contributed by atoms with Crippen molar-refractivity contribution in [3.63, 3.8) is 0 Å². The number of hydrogen-bond donors (Lipinski definition) is 2. The van der Waals surface area contributed by atoms with Crippen molar-refractivity contribution in [1.29, 1.82) is 0 Å². The summed E-state index contributed by atoms with van der Waals surface area (Å²) in [5.74, 6) is -0.484. The second kappa shape index (κ2) is 59.9. The monoisotopic (exact) mass is 2200 g/mol. The maximum atomic E-state index is 13.1. The molecule has 0 spiro atoms. The van der Waals surface area contributed by atoms with Crippen LogP contribution in [0.1, 0.15) is 2.74 Å². The van der Waals surface area contributed by atoms with Gasteiger partial charge in [-0.25, -0.2) is 8.78 Å². The Bertz CT molecular complexity index is 5850. The molecule has 0 fully saturated rings. The molecule has 0 amide bonds. The van der Waals surface area contributed by atoms with E-state index in [1.54, 1.807) is 48.5 Å². The van der Waals surface area contributed by atoms with Crippen molar-refractivity contribution in [3.8, 4) is 55.6 Å². The summed E-state index contributed by atoms with van der Waals surface area (Å²) >= 11 is 10.3. The average Bonchev–Trinajstić information content (AvgIpc) is 0.807. The molecule has 0 bridgehead atoms. The van der Waals surface area contributed by atoms with Gasteiger partial charge in [0, 0.05) is 33.8 Å². The van der Waals surface area contributed by atoms with E-state index in [1.807, 2.05) is 0 Å². The summed E-state index contributed by atoms with van der Waals surface area (Å²) in [5.41, 5.74) is 11.5. The van der Waals surface area contributed by atoms with Crippen LogP contribution in [0.3, 0.4) is 0 Å². The molecule has 0 aliphatic rings. The molecule has 20 aromatic carbocycles. The summed E-state index contributed by atoms with van der Waals surface area (Å²) in [6, 6.07) is 191. The van der Waals surface area contributed by atoms with Crippen molar-refractivity contribution in [2.45, 2.75) is 0 Å². The zero-order valence-corrected chi connectivity index (χ0v) is 85.6. The number of halogens is 5. The summed E-state index contributed by atoms with van der Waals surface area (Å²) < 4.78 is 39.9. The molecule has 138 heavy (non-hydrogen) atoms. The van der Waals surface area contributed by atoms with Crippen molar-refractivity contribution < 1.29 is 68.1 Å². The summed E-state index contributed by atoms with van der Waals surface area (Å²) in [6.45, 7) is 1.50. The number of rotatable bonds is 18. The van der Waals surface area contributed by atoms with Crippen LogP contribution in [0.4, 0.5) is 8.78 Å². The van der Waals surface area contributed by atoms with E-state index < -0.39 is 38.8 Å². The van der Waals surface area contributed by atoms with Crippen LogP contribution < -0.4 is 69.1 Å². The van der Waals surface area contributed by atoms with E-state index in [1.165, 1.54) is 121 Å². The molecule has 0 radical (unpaired) electrons. The van der Waals surface area contributed by atoms with Crippen molar-refractivity contribution in [2.75, 3.05) is 0 Å². The van der Waals surface area contributed by atoms with Crippen molar-refractivity contribution in [3.05, 3.63) is 583 Å². The summed E-state index contributed by atoms with van der Waals surface area (Å²) in [7, 11) is -3.24. The van der Waals surface area contributed by atoms with Gasteiger partial charge in [-0.15, -0.1) is 0 Å². The number of benzene rings is 20. The Morgan fingerprint density at radius 2 is 0.297 bits per heavy atom. The smallest absolute Gasteiger partial charge is 0.545 e. The predicted molar refractivity (Wildman–Crippen MR) is 593 cm³/mol. The molecule has 2 N–H and O–H groups in total.